The number of rotatable bonds is 3. The second-order valence-electron chi connectivity index (χ2n) is 7.55. The number of benzene rings is 3. The van der Waals surface area contributed by atoms with Crippen LogP contribution in [0.5, 0.6) is 28.7 Å². The van der Waals surface area contributed by atoms with Crippen molar-refractivity contribution in [3.63, 3.8) is 0 Å². The molecule has 160 valence electrons. The third-order valence-electron chi connectivity index (χ3n) is 5.55. The fourth-order valence-electron chi connectivity index (χ4n) is 4.08. The summed E-state index contributed by atoms with van der Waals surface area (Å²) in [5, 5.41) is 19.9. The number of esters is 1. The molecule has 0 amide bonds. The van der Waals surface area contributed by atoms with Gasteiger partial charge in [0.15, 0.2) is 17.3 Å². The van der Waals surface area contributed by atoms with E-state index in [0.717, 1.165) is 0 Å². The Bertz CT molecular complexity index is 1310. The molecule has 3 aromatic carbocycles. The highest BCUT2D eigenvalue weighted by molar-refractivity contribution is 6.15. The monoisotopic (exact) mass is 430 g/mol. The van der Waals surface area contributed by atoms with Gasteiger partial charge in [-0.1, -0.05) is 18.2 Å². The summed E-state index contributed by atoms with van der Waals surface area (Å²) in [4.78, 5) is 25.2. The Morgan fingerprint density at radius 1 is 1.03 bits per heavy atom. The topological polar surface area (TPSA) is 102 Å². The number of phenolic OH excluding ortho intramolecular Hbond substituents is 2. The van der Waals surface area contributed by atoms with Gasteiger partial charge in [-0.25, -0.2) is 0 Å². The number of carbonyl (C=O) groups excluding carboxylic acids is 2. The summed E-state index contributed by atoms with van der Waals surface area (Å²) in [5.41, 5.74) is 2.21. The second-order valence-corrected chi connectivity index (χ2v) is 7.55. The van der Waals surface area contributed by atoms with Crippen molar-refractivity contribution >= 4 is 17.8 Å². The normalized spacial score (nSPS) is 18.0. The van der Waals surface area contributed by atoms with E-state index in [1.54, 1.807) is 48.5 Å². The number of carbonyl (C=O) groups is 2. The minimum Gasteiger partial charge on any atom is -0.508 e. The molecule has 0 saturated heterocycles. The smallest absolute Gasteiger partial charge is 0.312 e. The Kier molecular flexibility index (Phi) is 4.59. The average molecular weight is 430 g/mol. The maximum Gasteiger partial charge on any atom is 0.312 e. The Labute approximate surface area is 183 Å². The molecule has 7 nitrogen and oxygen atoms in total. The highest BCUT2D eigenvalue weighted by Crippen LogP contribution is 2.49. The molecular formula is C25H18O7. The van der Waals surface area contributed by atoms with Crippen LogP contribution in [-0.4, -0.2) is 29.1 Å². The molecule has 3 aromatic rings. The Morgan fingerprint density at radius 2 is 1.88 bits per heavy atom. The quantitative estimate of drug-likeness (QED) is 0.365. The molecule has 32 heavy (non-hydrogen) atoms. The molecule has 0 aromatic heterocycles. The van der Waals surface area contributed by atoms with Crippen LogP contribution < -0.4 is 14.2 Å². The lowest BCUT2D eigenvalue weighted by atomic mass is 9.84. The summed E-state index contributed by atoms with van der Waals surface area (Å²) in [6, 6.07) is 14.5. The van der Waals surface area contributed by atoms with E-state index >= 15 is 0 Å². The number of ether oxygens (including phenoxy) is 3. The molecule has 0 aliphatic carbocycles. The van der Waals surface area contributed by atoms with Crippen LogP contribution in [0.25, 0.3) is 6.08 Å². The number of hydrogen-bond acceptors (Lipinski definition) is 7. The number of Topliss-reactive ketones (excluding diaryl/α,β-unsaturated/α-hetero) is 1. The minimum absolute atomic E-state index is 0.0514. The number of aromatic hydroxyl groups is 2. The van der Waals surface area contributed by atoms with Crippen LogP contribution in [0.15, 0.2) is 60.4 Å². The molecular weight excluding hydrogens is 412 g/mol. The van der Waals surface area contributed by atoms with Crippen LogP contribution >= 0.6 is 0 Å². The van der Waals surface area contributed by atoms with Crippen molar-refractivity contribution in [3.8, 4) is 28.7 Å². The molecule has 2 N–H and O–H groups in total. The fourth-order valence-corrected chi connectivity index (χ4v) is 4.08. The molecule has 0 saturated carbocycles. The molecule has 2 aliphatic heterocycles. The van der Waals surface area contributed by atoms with Crippen molar-refractivity contribution in [1.29, 1.82) is 0 Å². The lowest BCUT2D eigenvalue weighted by Crippen LogP contribution is -2.21. The van der Waals surface area contributed by atoms with Crippen LogP contribution in [0.4, 0.5) is 0 Å². The summed E-state index contributed by atoms with van der Waals surface area (Å²) < 4.78 is 16.4. The van der Waals surface area contributed by atoms with Gasteiger partial charge in [-0.3, -0.25) is 9.59 Å². The van der Waals surface area contributed by atoms with E-state index in [9.17, 15) is 19.8 Å². The van der Waals surface area contributed by atoms with E-state index in [4.69, 9.17) is 14.2 Å². The van der Waals surface area contributed by atoms with Crippen molar-refractivity contribution in [3.05, 3.63) is 82.6 Å². The SMILES string of the molecule is COc1ccc(/C=C2\Oc3c(ccc4c3[C@H](c3cccc(O)c3)CC(=O)O4)C2=O)cc1O. The third-order valence-corrected chi connectivity index (χ3v) is 5.55. The summed E-state index contributed by atoms with van der Waals surface area (Å²) in [6.07, 6.45) is 1.59. The van der Waals surface area contributed by atoms with Crippen molar-refractivity contribution < 1.29 is 34.0 Å². The zero-order valence-electron chi connectivity index (χ0n) is 17.0. The number of phenols is 2. The number of allylic oxidation sites excluding steroid dienone is 1. The van der Waals surface area contributed by atoms with Crippen molar-refractivity contribution in [2.75, 3.05) is 7.11 Å². The van der Waals surface area contributed by atoms with Gasteiger partial charge in [-0.2, -0.15) is 0 Å². The first-order valence-electron chi connectivity index (χ1n) is 9.92. The lowest BCUT2D eigenvalue weighted by molar-refractivity contribution is -0.135. The summed E-state index contributed by atoms with van der Waals surface area (Å²) in [6.45, 7) is 0. The Morgan fingerprint density at radius 3 is 2.62 bits per heavy atom. The van der Waals surface area contributed by atoms with Gasteiger partial charge >= 0.3 is 5.97 Å². The van der Waals surface area contributed by atoms with Gasteiger partial charge in [0.2, 0.25) is 5.78 Å². The van der Waals surface area contributed by atoms with Crippen LogP contribution in [0.3, 0.4) is 0 Å². The average Bonchev–Trinajstić information content (AvgIpc) is 3.08. The second kappa shape index (κ2) is 7.46. The van der Waals surface area contributed by atoms with Crippen LogP contribution in [0.2, 0.25) is 0 Å². The van der Waals surface area contributed by atoms with Gasteiger partial charge in [-0.15, -0.1) is 0 Å². The first-order valence-corrected chi connectivity index (χ1v) is 9.92. The first kappa shape index (κ1) is 19.7. The van der Waals surface area contributed by atoms with Gasteiger partial charge < -0.3 is 24.4 Å². The standard InChI is InChI=1S/C25H18O7/c1-30-19-7-5-13(9-18(19)27)10-21-24(29)16-6-8-20-23(25(16)32-21)17(12-22(28)31-20)14-3-2-4-15(26)11-14/h2-11,17,26-27H,12H2,1H3/b21-10-/t17-/m0/s1. The van der Waals surface area contributed by atoms with E-state index in [-0.39, 0.29) is 29.5 Å². The van der Waals surface area contributed by atoms with E-state index < -0.39 is 11.9 Å². The fraction of sp³-hybridized carbons (Fsp3) is 0.120. The highest BCUT2D eigenvalue weighted by Gasteiger charge is 2.38. The molecule has 1 atom stereocenters. The molecule has 2 aliphatic rings. The van der Waals surface area contributed by atoms with E-state index in [0.29, 0.717) is 39.5 Å². The zero-order valence-corrected chi connectivity index (χ0v) is 17.0. The van der Waals surface area contributed by atoms with Crippen molar-refractivity contribution in [2.45, 2.75) is 12.3 Å². The predicted octanol–water partition coefficient (Wildman–Crippen LogP) is 4.16. The minimum atomic E-state index is -0.439. The molecule has 0 bridgehead atoms. The highest BCUT2D eigenvalue weighted by atomic mass is 16.5. The van der Waals surface area contributed by atoms with Crippen LogP contribution in [0, 0.1) is 0 Å². The largest absolute Gasteiger partial charge is 0.508 e. The molecule has 0 unspecified atom stereocenters. The van der Waals surface area contributed by atoms with E-state index in [1.807, 2.05) is 0 Å². The maximum absolute atomic E-state index is 13.0. The summed E-state index contributed by atoms with van der Waals surface area (Å²) in [7, 11) is 1.45. The van der Waals surface area contributed by atoms with Gasteiger partial charge in [-0.05, 0) is 53.6 Å². The first-order chi connectivity index (χ1) is 15.4. The van der Waals surface area contributed by atoms with Crippen LogP contribution in [-0.2, 0) is 4.79 Å². The number of ketones is 1. The van der Waals surface area contributed by atoms with Crippen molar-refractivity contribution in [2.24, 2.45) is 0 Å². The molecule has 0 fully saturated rings. The summed E-state index contributed by atoms with van der Waals surface area (Å²) >= 11 is 0. The molecule has 0 radical (unpaired) electrons. The molecule has 2 heterocycles. The Balaban J connectivity index is 1.59. The maximum atomic E-state index is 13.0. The number of hydrogen-bond donors (Lipinski definition) is 2. The van der Waals surface area contributed by atoms with Crippen LogP contribution in [0.1, 0.15) is 39.4 Å². The van der Waals surface area contributed by atoms with Gasteiger partial charge in [0.05, 0.1) is 19.1 Å². The predicted molar refractivity (Wildman–Crippen MR) is 114 cm³/mol. The molecule has 0 spiro atoms. The van der Waals surface area contributed by atoms with E-state index in [1.165, 1.54) is 19.3 Å². The lowest BCUT2D eigenvalue weighted by Gasteiger charge is -2.26. The van der Waals surface area contributed by atoms with Gasteiger partial charge in [0.1, 0.15) is 17.2 Å². The molecule has 7 heteroatoms. The van der Waals surface area contributed by atoms with Gasteiger partial charge in [0.25, 0.3) is 0 Å². The van der Waals surface area contributed by atoms with E-state index in [2.05, 4.69) is 0 Å². The third kappa shape index (κ3) is 3.24. The number of fused-ring (bicyclic) bond motifs is 3. The Hall–Kier alpha value is -4.26. The number of methoxy groups -OCH3 is 1. The van der Waals surface area contributed by atoms with Crippen molar-refractivity contribution in [1.82, 2.24) is 0 Å². The molecule has 5 rings (SSSR count). The summed E-state index contributed by atoms with van der Waals surface area (Å²) in [5.74, 6) is -0.0782. The zero-order chi connectivity index (χ0) is 22.4. The van der Waals surface area contributed by atoms with Gasteiger partial charge in [0, 0.05) is 11.5 Å².